The summed E-state index contributed by atoms with van der Waals surface area (Å²) < 4.78 is 6.76. The van der Waals surface area contributed by atoms with E-state index >= 15 is 0 Å². The van der Waals surface area contributed by atoms with Gasteiger partial charge in [0.2, 0.25) is 5.88 Å². The topological polar surface area (TPSA) is 77.3 Å². The first kappa shape index (κ1) is 14.5. The van der Waals surface area contributed by atoms with Gasteiger partial charge in [0.15, 0.2) is 0 Å². The highest BCUT2D eigenvalue weighted by molar-refractivity contribution is 6.31. The van der Waals surface area contributed by atoms with Crippen LogP contribution in [0.25, 0.3) is 0 Å². The van der Waals surface area contributed by atoms with Gasteiger partial charge in [-0.15, -0.1) is 0 Å². The van der Waals surface area contributed by atoms with Gasteiger partial charge in [-0.3, -0.25) is 9.59 Å². The molecular weight excluding hydrogens is 308 g/mol. The molecule has 0 spiro atoms. The second-order valence-electron chi connectivity index (χ2n) is 4.92. The lowest BCUT2D eigenvalue weighted by Gasteiger charge is -2.38. The normalized spacial score (nSPS) is 14.5. The van der Waals surface area contributed by atoms with Crippen LogP contribution in [0.2, 0.25) is 5.02 Å². The standard InChI is InChI=1S/C14H13ClN4O3/c1-18-12(20)5-4-11(17-18)14(21)19-7-9(8-19)22-13-10(15)3-2-6-16-13/h2-6,9H,7-8H2,1H3. The Hall–Kier alpha value is -2.41. The number of aromatic nitrogens is 3. The van der Waals surface area contributed by atoms with Crippen molar-refractivity contribution in [3.8, 4) is 5.88 Å². The zero-order valence-electron chi connectivity index (χ0n) is 11.8. The maximum atomic E-state index is 12.2. The van der Waals surface area contributed by atoms with Gasteiger partial charge in [-0.25, -0.2) is 9.67 Å². The van der Waals surface area contributed by atoms with Gasteiger partial charge in [-0.1, -0.05) is 11.6 Å². The number of pyridine rings is 1. The van der Waals surface area contributed by atoms with E-state index in [1.807, 2.05) is 0 Å². The molecule has 0 aliphatic carbocycles. The molecule has 0 atom stereocenters. The Morgan fingerprint density at radius 1 is 1.36 bits per heavy atom. The van der Waals surface area contributed by atoms with Crippen LogP contribution in [0.15, 0.2) is 35.3 Å². The van der Waals surface area contributed by atoms with Crippen LogP contribution in [0.4, 0.5) is 0 Å². The van der Waals surface area contributed by atoms with Crippen molar-refractivity contribution >= 4 is 17.5 Å². The quantitative estimate of drug-likeness (QED) is 0.833. The fourth-order valence-electron chi connectivity index (χ4n) is 2.07. The minimum absolute atomic E-state index is 0.149. The Labute approximate surface area is 131 Å². The summed E-state index contributed by atoms with van der Waals surface area (Å²) in [5.74, 6) is 0.129. The molecule has 0 saturated carbocycles. The molecule has 1 fully saturated rings. The fraction of sp³-hybridized carbons (Fsp3) is 0.286. The van der Waals surface area contributed by atoms with Crippen molar-refractivity contribution in [3.05, 3.63) is 51.5 Å². The number of rotatable bonds is 3. The highest BCUT2D eigenvalue weighted by Crippen LogP contribution is 2.24. The SMILES string of the molecule is Cn1nc(C(=O)N2CC(Oc3ncccc3Cl)C2)ccc1=O. The second-order valence-corrected chi connectivity index (χ2v) is 5.33. The number of halogens is 1. The highest BCUT2D eigenvalue weighted by Gasteiger charge is 2.34. The number of amides is 1. The fourth-order valence-corrected chi connectivity index (χ4v) is 2.24. The van der Waals surface area contributed by atoms with E-state index in [9.17, 15) is 9.59 Å². The molecule has 0 N–H and O–H groups in total. The highest BCUT2D eigenvalue weighted by atomic mass is 35.5. The van der Waals surface area contributed by atoms with Crippen LogP contribution < -0.4 is 10.3 Å². The van der Waals surface area contributed by atoms with Gasteiger partial charge in [0, 0.05) is 19.3 Å². The third-order valence-corrected chi connectivity index (χ3v) is 3.61. The van der Waals surface area contributed by atoms with Crippen LogP contribution in [-0.2, 0) is 7.05 Å². The summed E-state index contributed by atoms with van der Waals surface area (Å²) in [4.78, 5) is 29.1. The van der Waals surface area contributed by atoms with Crippen molar-refractivity contribution in [1.82, 2.24) is 19.7 Å². The van der Waals surface area contributed by atoms with E-state index in [4.69, 9.17) is 16.3 Å². The molecule has 0 aromatic carbocycles. The Bertz CT molecular complexity index is 771. The second kappa shape index (κ2) is 5.76. The van der Waals surface area contributed by atoms with Gasteiger partial charge in [-0.2, -0.15) is 5.10 Å². The molecule has 114 valence electrons. The average molecular weight is 321 g/mol. The molecule has 2 aromatic heterocycles. The molecule has 1 aliphatic rings. The molecule has 0 radical (unpaired) electrons. The Morgan fingerprint density at radius 3 is 2.82 bits per heavy atom. The van der Waals surface area contributed by atoms with Gasteiger partial charge in [0.25, 0.3) is 11.5 Å². The van der Waals surface area contributed by atoms with Gasteiger partial charge < -0.3 is 9.64 Å². The maximum Gasteiger partial charge on any atom is 0.274 e. The predicted molar refractivity (Wildman–Crippen MR) is 79.0 cm³/mol. The van der Waals surface area contributed by atoms with E-state index in [2.05, 4.69) is 10.1 Å². The Balaban J connectivity index is 1.61. The number of carbonyl (C=O) groups is 1. The van der Waals surface area contributed by atoms with E-state index in [0.29, 0.717) is 24.0 Å². The Kier molecular flexibility index (Phi) is 3.81. The minimum Gasteiger partial charge on any atom is -0.470 e. The lowest BCUT2D eigenvalue weighted by Crippen LogP contribution is -2.56. The zero-order chi connectivity index (χ0) is 15.7. The van der Waals surface area contributed by atoms with Crippen molar-refractivity contribution in [2.24, 2.45) is 7.05 Å². The number of hydrogen-bond acceptors (Lipinski definition) is 5. The third kappa shape index (κ3) is 2.80. The average Bonchev–Trinajstić information content (AvgIpc) is 2.46. The lowest BCUT2D eigenvalue weighted by atomic mass is 10.1. The molecule has 0 bridgehead atoms. The van der Waals surface area contributed by atoms with Crippen molar-refractivity contribution in [1.29, 1.82) is 0 Å². The lowest BCUT2D eigenvalue weighted by molar-refractivity contribution is 0.0154. The number of ether oxygens (including phenoxy) is 1. The maximum absolute atomic E-state index is 12.2. The van der Waals surface area contributed by atoms with E-state index in [0.717, 1.165) is 4.68 Å². The summed E-state index contributed by atoms with van der Waals surface area (Å²) in [6, 6.07) is 6.16. The van der Waals surface area contributed by atoms with Crippen LogP contribution in [0.1, 0.15) is 10.5 Å². The molecule has 0 unspecified atom stereocenters. The summed E-state index contributed by atoms with van der Waals surface area (Å²) in [7, 11) is 1.50. The first-order valence-electron chi connectivity index (χ1n) is 6.65. The molecule has 3 rings (SSSR count). The predicted octanol–water partition coefficient (Wildman–Crippen LogP) is 0.732. The summed E-state index contributed by atoms with van der Waals surface area (Å²) in [6.07, 6.45) is 1.45. The van der Waals surface area contributed by atoms with E-state index in [1.165, 1.54) is 19.2 Å². The van der Waals surface area contributed by atoms with E-state index in [-0.39, 0.29) is 23.3 Å². The van der Waals surface area contributed by atoms with Crippen molar-refractivity contribution in [2.75, 3.05) is 13.1 Å². The largest absolute Gasteiger partial charge is 0.470 e. The molecule has 22 heavy (non-hydrogen) atoms. The first-order chi connectivity index (χ1) is 10.5. The van der Waals surface area contributed by atoms with Crippen LogP contribution in [0.5, 0.6) is 5.88 Å². The number of nitrogens with zero attached hydrogens (tertiary/aromatic N) is 4. The third-order valence-electron chi connectivity index (χ3n) is 3.32. The molecular formula is C14H13ClN4O3. The smallest absolute Gasteiger partial charge is 0.274 e. The molecule has 1 amide bonds. The summed E-state index contributed by atoms with van der Waals surface area (Å²) in [5, 5.41) is 4.37. The van der Waals surface area contributed by atoms with Crippen LogP contribution in [0.3, 0.4) is 0 Å². The van der Waals surface area contributed by atoms with Gasteiger partial charge >= 0.3 is 0 Å². The Morgan fingerprint density at radius 2 is 2.14 bits per heavy atom. The first-order valence-corrected chi connectivity index (χ1v) is 7.03. The molecule has 7 nitrogen and oxygen atoms in total. The summed E-state index contributed by atoms with van der Waals surface area (Å²) in [5.41, 5.74) is -0.0254. The van der Waals surface area contributed by atoms with Crippen molar-refractivity contribution < 1.29 is 9.53 Å². The molecule has 1 aliphatic heterocycles. The van der Waals surface area contributed by atoms with Crippen LogP contribution in [-0.4, -0.2) is 44.8 Å². The minimum atomic E-state index is -0.258. The van der Waals surface area contributed by atoms with Crippen LogP contribution in [0, 0.1) is 0 Å². The van der Waals surface area contributed by atoms with Crippen molar-refractivity contribution in [2.45, 2.75) is 6.10 Å². The molecule has 2 aromatic rings. The van der Waals surface area contributed by atoms with Gasteiger partial charge in [-0.05, 0) is 18.2 Å². The summed E-state index contributed by atoms with van der Waals surface area (Å²) >= 11 is 5.97. The monoisotopic (exact) mass is 320 g/mol. The number of likely N-dealkylation sites (tertiary alicyclic amines) is 1. The van der Waals surface area contributed by atoms with Crippen LogP contribution >= 0.6 is 11.6 Å². The number of hydrogen-bond donors (Lipinski definition) is 0. The number of carbonyl (C=O) groups excluding carboxylic acids is 1. The van der Waals surface area contributed by atoms with E-state index < -0.39 is 0 Å². The summed E-state index contributed by atoms with van der Waals surface area (Å²) in [6.45, 7) is 0.854. The molecule has 8 heteroatoms. The number of aryl methyl sites for hydroxylation is 1. The molecule has 3 heterocycles. The van der Waals surface area contributed by atoms with Gasteiger partial charge in [0.1, 0.15) is 16.8 Å². The van der Waals surface area contributed by atoms with E-state index in [1.54, 1.807) is 23.2 Å². The van der Waals surface area contributed by atoms with Gasteiger partial charge in [0.05, 0.1) is 13.1 Å². The molecule has 1 saturated heterocycles. The zero-order valence-corrected chi connectivity index (χ0v) is 12.5. The van der Waals surface area contributed by atoms with Crippen molar-refractivity contribution in [3.63, 3.8) is 0 Å².